The van der Waals surface area contributed by atoms with Crippen LogP contribution < -0.4 is 10.6 Å². The first-order valence-corrected chi connectivity index (χ1v) is 7.30. The summed E-state index contributed by atoms with van der Waals surface area (Å²) in [5, 5.41) is 15.0. The van der Waals surface area contributed by atoms with Crippen molar-refractivity contribution in [3.05, 3.63) is 34.9 Å². The second-order valence-corrected chi connectivity index (χ2v) is 5.26. The lowest BCUT2D eigenvalue weighted by molar-refractivity contribution is -0.122. The van der Waals surface area contributed by atoms with Crippen molar-refractivity contribution >= 4 is 23.4 Å². The maximum atomic E-state index is 11.9. The fourth-order valence-electron chi connectivity index (χ4n) is 1.93. The van der Waals surface area contributed by atoms with Gasteiger partial charge in [0.1, 0.15) is 0 Å². The number of amides is 2. The first-order chi connectivity index (χ1) is 9.98. The molecule has 1 aromatic carbocycles. The topological polar surface area (TPSA) is 78.4 Å². The van der Waals surface area contributed by atoms with Gasteiger partial charge in [0.15, 0.2) is 0 Å². The third-order valence-electron chi connectivity index (χ3n) is 3.59. The van der Waals surface area contributed by atoms with Crippen molar-refractivity contribution in [2.24, 2.45) is 0 Å². The molecular weight excluding hydrogens is 292 g/mol. The maximum Gasteiger partial charge on any atom is 0.253 e. The fourth-order valence-corrected chi connectivity index (χ4v) is 2.15. The van der Waals surface area contributed by atoms with Gasteiger partial charge in [0.25, 0.3) is 5.91 Å². The second kappa shape index (κ2) is 8.00. The van der Waals surface area contributed by atoms with Crippen molar-refractivity contribution in [1.82, 2.24) is 10.6 Å². The fraction of sp³-hybridized carbons (Fsp3) is 0.467. The van der Waals surface area contributed by atoms with Gasteiger partial charge in [-0.05, 0) is 25.0 Å². The number of halogens is 1. The molecule has 0 atom stereocenters. The maximum absolute atomic E-state index is 11.9. The van der Waals surface area contributed by atoms with Crippen molar-refractivity contribution in [2.45, 2.75) is 32.2 Å². The standard InChI is InChI=1S/C15H21ClN2O3/c1-3-15(4-2,10-19)18-13(20)9-17-14(21)11-7-5-6-8-12(11)16/h5-8,19H,3-4,9-10H2,1-2H3,(H,17,21)(H,18,20). The summed E-state index contributed by atoms with van der Waals surface area (Å²) in [7, 11) is 0. The minimum absolute atomic E-state index is 0.135. The predicted octanol–water partition coefficient (Wildman–Crippen LogP) is 1.74. The van der Waals surface area contributed by atoms with Gasteiger partial charge in [0.05, 0.1) is 29.3 Å². The Labute approximate surface area is 129 Å². The van der Waals surface area contributed by atoms with E-state index in [1.54, 1.807) is 24.3 Å². The van der Waals surface area contributed by atoms with Crippen LogP contribution in [0.3, 0.4) is 0 Å². The Morgan fingerprint density at radius 2 is 1.86 bits per heavy atom. The Hall–Kier alpha value is -1.59. The van der Waals surface area contributed by atoms with Crippen molar-refractivity contribution in [3.63, 3.8) is 0 Å². The first-order valence-electron chi connectivity index (χ1n) is 6.92. The average Bonchev–Trinajstić information content (AvgIpc) is 2.51. The zero-order valence-electron chi connectivity index (χ0n) is 12.3. The van der Waals surface area contributed by atoms with Crippen molar-refractivity contribution in [2.75, 3.05) is 13.2 Å². The zero-order chi connectivity index (χ0) is 15.9. The molecule has 3 N–H and O–H groups in total. The highest BCUT2D eigenvalue weighted by molar-refractivity contribution is 6.33. The normalized spacial score (nSPS) is 11.0. The molecule has 0 saturated heterocycles. The van der Waals surface area contributed by atoms with Gasteiger partial charge in [-0.3, -0.25) is 9.59 Å². The highest BCUT2D eigenvalue weighted by atomic mass is 35.5. The summed E-state index contributed by atoms with van der Waals surface area (Å²) in [4.78, 5) is 23.8. The van der Waals surface area contributed by atoms with Gasteiger partial charge in [0, 0.05) is 0 Å². The van der Waals surface area contributed by atoms with Crippen LogP contribution in [0.1, 0.15) is 37.0 Å². The van der Waals surface area contributed by atoms with E-state index in [1.165, 1.54) is 0 Å². The summed E-state index contributed by atoms with van der Waals surface area (Å²) in [5.74, 6) is -0.744. The molecule has 0 heterocycles. The molecule has 1 aromatic rings. The van der Waals surface area contributed by atoms with Gasteiger partial charge < -0.3 is 15.7 Å². The van der Waals surface area contributed by atoms with E-state index in [4.69, 9.17) is 11.6 Å². The van der Waals surface area contributed by atoms with E-state index in [0.717, 1.165) is 0 Å². The molecule has 0 radical (unpaired) electrons. The number of aliphatic hydroxyl groups excluding tert-OH is 1. The lowest BCUT2D eigenvalue weighted by Gasteiger charge is -2.30. The predicted molar refractivity (Wildman–Crippen MR) is 82.3 cm³/mol. The second-order valence-electron chi connectivity index (χ2n) is 4.86. The Morgan fingerprint density at radius 3 is 2.38 bits per heavy atom. The van der Waals surface area contributed by atoms with E-state index in [9.17, 15) is 14.7 Å². The van der Waals surface area contributed by atoms with Gasteiger partial charge in [-0.25, -0.2) is 0 Å². The summed E-state index contributed by atoms with van der Waals surface area (Å²) in [6.45, 7) is 3.49. The molecule has 0 bridgehead atoms. The monoisotopic (exact) mass is 312 g/mol. The van der Waals surface area contributed by atoms with Crippen LogP contribution in [0.15, 0.2) is 24.3 Å². The van der Waals surface area contributed by atoms with Gasteiger partial charge >= 0.3 is 0 Å². The number of benzene rings is 1. The van der Waals surface area contributed by atoms with Gasteiger partial charge in [-0.1, -0.05) is 37.6 Å². The summed E-state index contributed by atoms with van der Waals surface area (Å²) in [5.41, 5.74) is -0.307. The molecular formula is C15H21ClN2O3. The molecule has 0 spiro atoms. The van der Waals surface area contributed by atoms with Crippen LogP contribution in [-0.2, 0) is 4.79 Å². The SMILES string of the molecule is CCC(CC)(CO)NC(=O)CNC(=O)c1ccccc1Cl. The smallest absolute Gasteiger partial charge is 0.253 e. The van der Waals surface area contributed by atoms with Gasteiger partial charge in [-0.2, -0.15) is 0 Å². The molecule has 2 amide bonds. The summed E-state index contributed by atoms with van der Waals surface area (Å²) in [6.07, 6.45) is 1.23. The molecule has 0 aromatic heterocycles. The number of carbonyl (C=O) groups excluding carboxylic acids is 2. The zero-order valence-corrected chi connectivity index (χ0v) is 13.0. The molecule has 6 heteroatoms. The third-order valence-corrected chi connectivity index (χ3v) is 3.92. The number of hydrogen-bond acceptors (Lipinski definition) is 3. The van der Waals surface area contributed by atoms with Crippen LogP contribution in [0.2, 0.25) is 5.02 Å². The van der Waals surface area contributed by atoms with Crippen LogP contribution in [0.4, 0.5) is 0 Å². The summed E-state index contributed by atoms with van der Waals surface area (Å²) < 4.78 is 0. The third kappa shape index (κ3) is 4.72. The minimum Gasteiger partial charge on any atom is -0.394 e. The molecule has 0 aliphatic heterocycles. The molecule has 5 nitrogen and oxygen atoms in total. The van der Waals surface area contributed by atoms with E-state index < -0.39 is 11.4 Å². The molecule has 21 heavy (non-hydrogen) atoms. The molecule has 0 aliphatic carbocycles. The van der Waals surface area contributed by atoms with Crippen molar-refractivity contribution in [3.8, 4) is 0 Å². The molecule has 116 valence electrons. The molecule has 0 saturated carbocycles. The Kier molecular flexibility index (Phi) is 6.65. The first kappa shape index (κ1) is 17.5. The highest BCUT2D eigenvalue weighted by Crippen LogP contribution is 2.15. The highest BCUT2D eigenvalue weighted by Gasteiger charge is 2.27. The number of nitrogens with one attached hydrogen (secondary N) is 2. The van der Waals surface area contributed by atoms with E-state index >= 15 is 0 Å². The van der Waals surface area contributed by atoms with Gasteiger partial charge in [-0.15, -0.1) is 0 Å². The Balaban J connectivity index is 2.57. The molecule has 0 fully saturated rings. The number of rotatable bonds is 7. The van der Waals surface area contributed by atoms with E-state index in [-0.39, 0.29) is 19.1 Å². The lowest BCUT2D eigenvalue weighted by atomic mass is 9.94. The van der Waals surface area contributed by atoms with Crippen LogP contribution >= 0.6 is 11.6 Å². The average molecular weight is 313 g/mol. The molecule has 0 aliphatic rings. The van der Waals surface area contributed by atoms with Crippen molar-refractivity contribution < 1.29 is 14.7 Å². The summed E-state index contributed by atoms with van der Waals surface area (Å²) in [6, 6.07) is 6.63. The van der Waals surface area contributed by atoms with Crippen LogP contribution in [-0.4, -0.2) is 35.6 Å². The minimum atomic E-state index is -0.633. The van der Waals surface area contributed by atoms with Gasteiger partial charge in [0.2, 0.25) is 5.91 Å². The van der Waals surface area contributed by atoms with Crippen LogP contribution in [0.5, 0.6) is 0 Å². The number of aliphatic hydroxyl groups is 1. The Morgan fingerprint density at radius 1 is 1.24 bits per heavy atom. The number of carbonyl (C=O) groups is 2. The van der Waals surface area contributed by atoms with E-state index in [0.29, 0.717) is 23.4 Å². The molecule has 1 rings (SSSR count). The van der Waals surface area contributed by atoms with Crippen LogP contribution in [0, 0.1) is 0 Å². The lowest BCUT2D eigenvalue weighted by Crippen LogP contribution is -2.53. The number of hydrogen-bond donors (Lipinski definition) is 3. The quantitative estimate of drug-likeness (QED) is 0.717. The summed E-state index contributed by atoms with van der Waals surface area (Å²) >= 11 is 5.91. The largest absolute Gasteiger partial charge is 0.394 e. The van der Waals surface area contributed by atoms with E-state index in [2.05, 4.69) is 10.6 Å². The van der Waals surface area contributed by atoms with E-state index in [1.807, 2.05) is 13.8 Å². The Bertz CT molecular complexity index is 493. The van der Waals surface area contributed by atoms with Crippen molar-refractivity contribution in [1.29, 1.82) is 0 Å². The molecule has 0 unspecified atom stereocenters. The van der Waals surface area contributed by atoms with Crippen LogP contribution in [0.25, 0.3) is 0 Å².